The van der Waals surface area contributed by atoms with E-state index in [0.29, 0.717) is 17.6 Å². The van der Waals surface area contributed by atoms with Gasteiger partial charge < -0.3 is 9.80 Å². The van der Waals surface area contributed by atoms with E-state index in [9.17, 15) is 4.79 Å². The van der Waals surface area contributed by atoms with Gasteiger partial charge in [-0.15, -0.1) is 5.10 Å². The zero-order chi connectivity index (χ0) is 16.5. The molecule has 0 radical (unpaired) electrons. The maximum Gasteiger partial charge on any atom is 0.256 e. The van der Waals surface area contributed by atoms with Crippen LogP contribution in [-0.4, -0.2) is 68.1 Å². The normalized spacial score (nSPS) is 24.6. The first kappa shape index (κ1) is 15.3. The first-order valence-electron chi connectivity index (χ1n) is 8.59. The molecule has 1 amide bonds. The summed E-state index contributed by atoms with van der Waals surface area (Å²) >= 11 is 0. The van der Waals surface area contributed by atoms with Gasteiger partial charge in [0.1, 0.15) is 6.33 Å². The molecule has 0 saturated carbocycles. The summed E-state index contributed by atoms with van der Waals surface area (Å²) < 4.78 is 1.56. The highest BCUT2D eigenvalue weighted by molar-refractivity contribution is 5.98. The predicted molar refractivity (Wildman–Crippen MR) is 88.9 cm³/mol. The highest BCUT2D eigenvalue weighted by atomic mass is 16.2. The quantitative estimate of drug-likeness (QED) is 0.852. The van der Waals surface area contributed by atoms with Gasteiger partial charge in [-0.05, 0) is 61.8 Å². The van der Waals surface area contributed by atoms with Crippen LogP contribution in [0.5, 0.6) is 0 Å². The highest BCUT2D eigenvalue weighted by Gasteiger charge is 2.39. The Morgan fingerprint density at radius 3 is 2.67 bits per heavy atom. The number of likely N-dealkylation sites (tertiary alicyclic amines) is 2. The third kappa shape index (κ3) is 2.58. The summed E-state index contributed by atoms with van der Waals surface area (Å²) in [7, 11) is 2.17. The molecule has 2 aliphatic heterocycles. The zero-order valence-corrected chi connectivity index (χ0v) is 13.9. The lowest BCUT2D eigenvalue weighted by Crippen LogP contribution is -2.47. The number of carbonyl (C=O) groups is 1. The highest BCUT2D eigenvalue weighted by Crippen LogP contribution is 2.30. The molecule has 0 N–H and O–H groups in total. The van der Waals surface area contributed by atoms with Gasteiger partial charge in [-0.25, -0.2) is 0 Å². The third-order valence-electron chi connectivity index (χ3n) is 5.31. The molecule has 7 nitrogen and oxygen atoms in total. The second-order valence-corrected chi connectivity index (χ2v) is 6.67. The summed E-state index contributed by atoms with van der Waals surface area (Å²) in [5, 5.41) is 11.3. The predicted octanol–water partition coefficient (Wildman–Crippen LogP) is 1.36. The zero-order valence-electron chi connectivity index (χ0n) is 13.9. The van der Waals surface area contributed by atoms with Gasteiger partial charge in [0.25, 0.3) is 5.91 Å². The van der Waals surface area contributed by atoms with Crippen LogP contribution in [0.4, 0.5) is 0 Å². The molecule has 0 bridgehead atoms. The topological polar surface area (TPSA) is 67.2 Å². The molecule has 1 aromatic heterocycles. The van der Waals surface area contributed by atoms with Gasteiger partial charge in [0.05, 0.1) is 11.3 Å². The van der Waals surface area contributed by atoms with Crippen molar-refractivity contribution in [3.63, 3.8) is 0 Å². The van der Waals surface area contributed by atoms with Crippen LogP contribution in [0.25, 0.3) is 5.69 Å². The number of hydrogen-bond donors (Lipinski definition) is 0. The summed E-state index contributed by atoms with van der Waals surface area (Å²) in [4.78, 5) is 17.7. The molecule has 0 unspecified atom stereocenters. The van der Waals surface area contributed by atoms with Gasteiger partial charge >= 0.3 is 0 Å². The Hall–Kier alpha value is -2.28. The van der Waals surface area contributed by atoms with Gasteiger partial charge in [0, 0.05) is 18.6 Å². The minimum Gasteiger partial charge on any atom is -0.334 e. The van der Waals surface area contributed by atoms with Crippen molar-refractivity contribution in [2.45, 2.75) is 37.8 Å². The van der Waals surface area contributed by atoms with Crippen molar-refractivity contribution >= 4 is 5.91 Å². The van der Waals surface area contributed by atoms with Crippen molar-refractivity contribution in [3.8, 4) is 5.69 Å². The van der Waals surface area contributed by atoms with Crippen molar-refractivity contribution in [1.82, 2.24) is 30.0 Å². The molecule has 2 atom stereocenters. The molecule has 1 aromatic carbocycles. The monoisotopic (exact) mass is 326 g/mol. The van der Waals surface area contributed by atoms with Gasteiger partial charge in [-0.2, -0.15) is 4.68 Å². The molecule has 0 spiro atoms. The lowest BCUT2D eigenvalue weighted by Gasteiger charge is -2.33. The van der Waals surface area contributed by atoms with E-state index in [-0.39, 0.29) is 5.91 Å². The molecule has 2 aromatic rings. The molecule has 4 rings (SSSR count). The van der Waals surface area contributed by atoms with Crippen molar-refractivity contribution in [2.24, 2.45) is 0 Å². The number of likely N-dealkylation sites (N-methyl/N-ethyl adjacent to an activating group) is 1. The molecule has 0 aliphatic carbocycles. The lowest BCUT2D eigenvalue weighted by molar-refractivity contribution is 0.0664. The first-order valence-corrected chi connectivity index (χ1v) is 8.59. The number of carbonyl (C=O) groups excluding carboxylic acids is 1. The minimum absolute atomic E-state index is 0.0869. The van der Waals surface area contributed by atoms with Crippen LogP contribution in [-0.2, 0) is 0 Å². The van der Waals surface area contributed by atoms with Gasteiger partial charge in [-0.3, -0.25) is 4.79 Å². The molecular weight excluding hydrogens is 304 g/mol. The summed E-state index contributed by atoms with van der Waals surface area (Å²) in [5.74, 6) is 0.0869. The molecule has 24 heavy (non-hydrogen) atoms. The van der Waals surface area contributed by atoms with E-state index in [2.05, 4.69) is 32.4 Å². The van der Waals surface area contributed by atoms with Gasteiger partial charge in [0.2, 0.25) is 0 Å². The van der Waals surface area contributed by atoms with Crippen LogP contribution in [0.15, 0.2) is 30.6 Å². The number of para-hydroxylation sites is 1. The number of aromatic nitrogens is 4. The summed E-state index contributed by atoms with van der Waals surface area (Å²) in [6, 6.07) is 8.35. The van der Waals surface area contributed by atoms with Crippen molar-refractivity contribution < 1.29 is 4.79 Å². The largest absolute Gasteiger partial charge is 0.334 e. The van der Waals surface area contributed by atoms with Crippen LogP contribution in [0.2, 0.25) is 0 Å². The number of tetrazole rings is 1. The maximum absolute atomic E-state index is 13.3. The molecule has 2 saturated heterocycles. The Morgan fingerprint density at radius 1 is 1.12 bits per heavy atom. The SMILES string of the molecule is CN1CCC[C@@H]1[C@H]1CCCN1C(=O)c1ccccc1-n1cnnn1. The van der Waals surface area contributed by atoms with E-state index in [1.54, 1.807) is 4.68 Å². The summed E-state index contributed by atoms with van der Waals surface area (Å²) in [6.07, 6.45) is 6.10. The Labute approximate surface area is 141 Å². The standard InChI is InChI=1S/C17H22N6O/c1-21-10-4-8-15(21)16-9-5-11-22(16)17(24)13-6-2-3-7-14(13)23-12-18-19-20-23/h2-3,6-7,12,15-16H,4-5,8-11H2,1H3/t15-,16-/m1/s1. The molecule has 2 fully saturated rings. The Balaban J connectivity index is 1.64. The third-order valence-corrected chi connectivity index (χ3v) is 5.31. The van der Waals surface area contributed by atoms with Crippen molar-refractivity contribution in [2.75, 3.05) is 20.1 Å². The minimum atomic E-state index is 0.0869. The average molecular weight is 326 g/mol. The van der Waals surface area contributed by atoms with E-state index in [1.165, 1.54) is 19.2 Å². The molecule has 2 aliphatic rings. The molecule has 126 valence electrons. The van der Waals surface area contributed by atoms with Crippen LogP contribution in [0.1, 0.15) is 36.0 Å². The lowest BCUT2D eigenvalue weighted by atomic mass is 10.0. The average Bonchev–Trinajstić information content (AvgIpc) is 3.35. The maximum atomic E-state index is 13.3. The fraction of sp³-hybridized carbons (Fsp3) is 0.529. The van der Waals surface area contributed by atoms with Gasteiger partial charge in [0.15, 0.2) is 0 Å². The smallest absolute Gasteiger partial charge is 0.256 e. The summed E-state index contributed by atoms with van der Waals surface area (Å²) in [6.45, 7) is 1.96. The number of benzene rings is 1. The Morgan fingerprint density at radius 2 is 1.92 bits per heavy atom. The van der Waals surface area contributed by atoms with E-state index >= 15 is 0 Å². The van der Waals surface area contributed by atoms with Crippen LogP contribution in [0.3, 0.4) is 0 Å². The Kier molecular flexibility index (Phi) is 4.02. The van der Waals surface area contributed by atoms with Crippen LogP contribution in [0, 0.1) is 0 Å². The van der Waals surface area contributed by atoms with E-state index in [4.69, 9.17) is 0 Å². The van der Waals surface area contributed by atoms with Gasteiger partial charge in [-0.1, -0.05) is 12.1 Å². The molecule has 3 heterocycles. The number of rotatable bonds is 3. The fourth-order valence-corrected chi connectivity index (χ4v) is 4.15. The van der Waals surface area contributed by atoms with Crippen LogP contribution < -0.4 is 0 Å². The molecule has 7 heteroatoms. The van der Waals surface area contributed by atoms with Crippen molar-refractivity contribution in [1.29, 1.82) is 0 Å². The second-order valence-electron chi connectivity index (χ2n) is 6.67. The van der Waals surface area contributed by atoms with Crippen molar-refractivity contribution in [3.05, 3.63) is 36.2 Å². The van der Waals surface area contributed by atoms with E-state index in [1.807, 2.05) is 24.3 Å². The first-order chi connectivity index (χ1) is 11.8. The van der Waals surface area contributed by atoms with E-state index < -0.39 is 0 Å². The Bertz CT molecular complexity index is 716. The van der Waals surface area contributed by atoms with Crippen LogP contribution >= 0.6 is 0 Å². The summed E-state index contributed by atoms with van der Waals surface area (Å²) in [5.41, 5.74) is 1.40. The second kappa shape index (κ2) is 6.32. The number of nitrogens with zero attached hydrogens (tertiary/aromatic N) is 6. The number of amides is 1. The van der Waals surface area contributed by atoms with E-state index in [0.717, 1.165) is 31.6 Å². The number of hydrogen-bond acceptors (Lipinski definition) is 5. The fourth-order valence-electron chi connectivity index (χ4n) is 4.15. The molecular formula is C17H22N6O.